The van der Waals surface area contributed by atoms with Crippen LogP contribution in [0.3, 0.4) is 0 Å². The van der Waals surface area contributed by atoms with Crippen LogP contribution in [0.15, 0.2) is 28.7 Å². The number of nitrogens with one attached hydrogen (secondary N) is 1. The Morgan fingerprint density at radius 1 is 1.40 bits per heavy atom. The van der Waals surface area contributed by atoms with E-state index in [2.05, 4.69) is 21.2 Å². The number of benzene rings is 1. The van der Waals surface area contributed by atoms with Crippen LogP contribution in [-0.2, 0) is 4.79 Å². The molecular weight excluding hydrogens is 258 g/mol. The van der Waals surface area contributed by atoms with E-state index in [0.717, 1.165) is 10.9 Å². The van der Waals surface area contributed by atoms with Gasteiger partial charge in [-0.05, 0) is 24.6 Å². The zero-order valence-corrected chi connectivity index (χ0v) is 10.0. The van der Waals surface area contributed by atoms with E-state index >= 15 is 0 Å². The SMILES string of the molecule is CCCC(=O)NC(=O)c1cccc(Br)c1. The summed E-state index contributed by atoms with van der Waals surface area (Å²) >= 11 is 3.26. The Morgan fingerprint density at radius 2 is 2.13 bits per heavy atom. The first-order chi connectivity index (χ1) is 7.13. The molecule has 1 aromatic rings. The Balaban J connectivity index is 2.65. The molecule has 80 valence electrons. The Bertz CT molecular complexity index is 377. The van der Waals surface area contributed by atoms with Gasteiger partial charge in [0.1, 0.15) is 0 Å². The summed E-state index contributed by atoms with van der Waals surface area (Å²) in [5, 5.41) is 2.33. The Labute approximate surface area is 97.0 Å². The van der Waals surface area contributed by atoms with E-state index in [-0.39, 0.29) is 11.8 Å². The monoisotopic (exact) mass is 269 g/mol. The average molecular weight is 270 g/mol. The Morgan fingerprint density at radius 3 is 2.73 bits per heavy atom. The van der Waals surface area contributed by atoms with Gasteiger partial charge < -0.3 is 0 Å². The van der Waals surface area contributed by atoms with E-state index in [1.807, 2.05) is 13.0 Å². The normalized spacial score (nSPS) is 9.73. The molecule has 1 aromatic carbocycles. The van der Waals surface area contributed by atoms with Gasteiger partial charge in [0.15, 0.2) is 0 Å². The van der Waals surface area contributed by atoms with E-state index in [0.29, 0.717) is 12.0 Å². The molecule has 0 bridgehead atoms. The van der Waals surface area contributed by atoms with Crippen molar-refractivity contribution in [1.82, 2.24) is 5.32 Å². The summed E-state index contributed by atoms with van der Waals surface area (Å²) in [6, 6.07) is 6.92. The first-order valence-electron chi connectivity index (χ1n) is 4.73. The maximum Gasteiger partial charge on any atom is 0.257 e. The highest BCUT2D eigenvalue weighted by atomic mass is 79.9. The third-order valence-corrected chi connectivity index (χ3v) is 2.31. The fourth-order valence-corrected chi connectivity index (χ4v) is 1.52. The lowest BCUT2D eigenvalue weighted by atomic mass is 10.2. The molecule has 0 aliphatic rings. The minimum atomic E-state index is -0.352. The van der Waals surface area contributed by atoms with Crippen LogP contribution in [0.2, 0.25) is 0 Å². The number of imide groups is 1. The molecular formula is C11H12BrNO2. The molecule has 2 amide bonds. The molecule has 0 aliphatic carbocycles. The van der Waals surface area contributed by atoms with E-state index in [4.69, 9.17) is 0 Å². The van der Waals surface area contributed by atoms with Crippen LogP contribution in [0.5, 0.6) is 0 Å². The second kappa shape index (κ2) is 5.66. The minimum Gasteiger partial charge on any atom is -0.292 e. The lowest BCUT2D eigenvalue weighted by molar-refractivity contribution is -0.120. The number of hydrogen-bond acceptors (Lipinski definition) is 2. The number of carbonyl (C=O) groups is 2. The smallest absolute Gasteiger partial charge is 0.257 e. The second-order valence-electron chi connectivity index (χ2n) is 3.14. The second-order valence-corrected chi connectivity index (χ2v) is 4.05. The van der Waals surface area contributed by atoms with Gasteiger partial charge in [0.25, 0.3) is 5.91 Å². The molecule has 3 nitrogen and oxygen atoms in total. The molecule has 0 radical (unpaired) electrons. The number of hydrogen-bond donors (Lipinski definition) is 1. The van der Waals surface area contributed by atoms with E-state index in [1.165, 1.54) is 0 Å². The third kappa shape index (κ3) is 3.83. The van der Waals surface area contributed by atoms with E-state index < -0.39 is 0 Å². The molecule has 0 heterocycles. The summed E-state index contributed by atoms with van der Waals surface area (Å²) < 4.78 is 0.818. The lowest BCUT2D eigenvalue weighted by Crippen LogP contribution is -2.29. The van der Waals surface area contributed by atoms with Crippen LogP contribution in [0, 0.1) is 0 Å². The average Bonchev–Trinajstić information content (AvgIpc) is 2.18. The van der Waals surface area contributed by atoms with Gasteiger partial charge in [-0.2, -0.15) is 0 Å². The van der Waals surface area contributed by atoms with Gasteiger partial charge >= 0.3 is 0 Å². The van der Waals surface area contributed by atoms with Gasteiger partial charge in [0, 0.05) is 16.5 Å². The first-order valence-corrected chi connectivity index (χ1v) is 5.52. The van der Waals surface area contributed by atoms with Gasteiger partial charge in [-0.1, -0.05) is 28.9 Å². The largest absolute Gasteiger partial charge is 0.292 e. The maximum absolute atomic E-state index is 11.5. The highest BCUT2D eigenvalue weighted by Crippen LogP contribution is 2.11. The number of carbonyl (C=O) groups excluding carboxylic acids is 2. The van der Waals surface area contributed by atoms with Crippen LogP contribution in [0.4, 0.5) is 0 Å². The van der Waals surface area contributed by atoms with Crippen molar-refractivity contribution in [1.29, 1.82) is 0 Å². The quantitative estimate of drug-likeness (QED) is 0.917. The Hall–Kier alpha value is -1.16. The fraction of sp³-hybridized carbons (Fsp3) is 0.273. The molecule has 1 rings (SSSR count). The standard InChI is InChI=1S/C11H12BrNO2/c1-2-4-10(14)13-11(15)8-5-3-6-9(12)7-8/h3,5-7H,2,4H2,1H3,(H,13,14,15). The van der Waals surface area contributed by atoms with Crippen molar-refractivity contribution in [2.45, 2.75) is 19.8 Å². The van der Waals surface area contributed by atoms with Crippen molar-refractivity contribution < 1.29 is 9.59 Å². The predicted octanol–water partition coefficient (Wildman–Crippen LogP) is 2.51. The van der Waals surface area contributed by atoms with Gasteiger partial charge in [0.2, 0.25) is 5.91 Å². The molecule has 0 spiro atoms. The van der Waals surface area contributed by atoms with Gasteiger partial charge in [0.05, 0.1) is 0 Å². The third-order valence-electron chi connectivity index (χ3n) is 1.82. The minimum absolute atomic E-state index is 0.234. The number of rotatable bonds is 3. The van der Waals surface area contributed by atoms with Gasteiger partial charge in [-0.3, -0.25) is 14.9 Å². The van der Waals surface area contributed by atoms with Crippen molar-refractivity contribution in [3.8, 4) is 0 Å². The van der Waals surface area contributed by atoms with Crippen LogP contribution < -0.4 is 5.32 Å². The summed E-state index contributed by atoms with van der Waals surface area (Å²) in [7, 11) is 0. The molecule has 0 aliphatic heterocycles. The molecule has 0 saturated carbocycles. The predicted molar refractivity (Wildman–Crippen MR) is 61.5 cm³/mol. The van der Waals surface area contributed by atoms with Crippen molar-refractivity contribution in [3.05, 3.63) is 34.3 Å². The van der Waals surface area contributed by atoms with E-state index in [1.54, 1.807) is 18.2 Å². The highest BCUT2D eigenvalue weighted by Gasteiger charge is 2.09. The molecule has 0 saturated heterocycles. The molecule has 0 atom stereocenters. The zero-order chi connectivity index (χ0) is 11.3. The molecule has 0 fully saturated rings. The van der Waals surface area contributed by atoms with Gasteiger partial charge in [-0.25, -0.2) is 0 Å². The summed E-state index contributed by atoms with van der Waals surface area (Å²) in [5.41, 5.74) is 0.480. The molecule has 15 heavy (non-hydrogen) atoms. The van der Waals surface area contributed by atoms with Crippen molar-refractivity contribution in [3.63, 3.8) is 0 Å². The molecule has 1 N–H and O–H groups in total. The number of amides is 2. The molecule has 0 unspecified atom stereocenters. The maximum atomic E-state index is 11.5. The summed E-state index contributed by atoms with van der Waals surface area (Å²) in [6.45, 7) is 1.89. The topological polar surface area (TPSA) is 46.2 Å². The summed E-state index contributed by atoms with van der Waals surface area (Å²) in [5.74, 6) is -0.586. The van der Waals surface area contributed by atoms with Crippen LogP contribution in [-0.4, -0.2) is 11.8 Å². The summed E-state index contributed by atoms with van der Waals surface area (Å²) in [4.78, 5) is 22.7. The van der Waals surface area contributed by atoms with E-state index in [9.17, 15) is 9.59 Å². The lowest BCUT2D eigenvalue weighted by Gasteiger charge is -2.03. The zero-order valence-electron chi connectivity index (χ0n) is 8.42. The van der Waals surface area contributed by atoms with Crippen LogP contribution in [0.25, 0.3) is 0 Å². The number of halogens is 1. The van der Waals surface area contributed by atoms with Crippen LogP contribution >= 0.6 is 15.9 Å². The summed E-state index contributed by atoms with van der Waals surface area (Å²) in [6.07, 6.45) is 1.11. The van der Waals surface area contributed by atoms with Crippen molar-refractivity contribution >= 4 is 27.7 Å². The fourth-order valence-electron chi connectivity index (χ4n) is 1.12. The van der Waals surface area contributed by atoms with Crippen LogP contribution in [0.1, 0.15) is 30.1 Å². The Kier molecular flexibility index (Phi) is 4.49. The molecule has 0 aromatic heterocycles. The van der Waals surface area contributed by atoms with Crippen molar-refractivity contribution in [2.24, 2.45) is 0 Å². The highest BCUT2D eigenvalue weighted by molar-refractivity contribution is 9.10. The van der Waals surface area contributed by atoms with Gasteiger partial charge in [-0.15, -0.1) is 0 Å². The molecule has 4 heteroatoms. The first kappa shape index (κ1) is 11.9. The van der Waals surface area contributed by atoms with Crippen molar-refractivity contribution in [2.75, 3.05) is 0 Å².